The molecule has 600 valence electrons. The highest BCUT2D eigenvalue weighted by molar-refractivity contribution is 7.47. The van der Waals surface area contributed by atoms with Crippen molar-refractivity contribution in [1.82, 2.24) is 0 Å². The molecular formula is C82H160O17P2. The second-order valence-corrected chi connectivity index (χ2v) is 32.9. The highest BCUT2D eigenvalue weighted by Gasteiger charge is 2.30. The van der Waals surface area contributed by atoms with Gasteiger partial charge in [0, 0.05) is 25.7 Å². The van der Waals surface area contributed by atoms with Crippen molar-refractivity contribution in [2.45, 2.75) is 452 Å². The van der Waals surface area contributed by atoms with E-state index in [0.29, 0.717) is 25.7 Å². The number of hydrogen-bond acceptors (Lipinski definition) is 15. The number of hydrogen-bond donors (Lipinski definition) is 3. The maximum absolute atomic E-state index is 13.1. The van der Waals surface area contributed by atoms with Crippen LogP contribution in [0.4, 0.5) is 0 Å². The number of rotatable bonds is 81. The SMILES string of the molecule is CCCCCCCCCCCCCCC(=O)O[C@H](COC(=O)CCCCCCC)COP(=O)(O)OC[C@H](O)COP(=O)(O)OC[C@@H](COC(=O)CCCCCCCCCCCCCCCCCCCCC(C)CC)OC(=O)CCCCCCCCCCCCCCCCCCCCC(C)CC. The summed E-state index contributed by atoms with van der Waals surface area (Å²) in [6, 6.07) is 0. The van der Waals surface area contributed by atoms with Gasteiger partial charge in [0.2, 0.25) is 0 Å². The van der Waals surface area contributed by atoms with Gasteiger partial charge in [-0.2, -0.15) is 0 Å². The molecule has 19 heteroatoms. The second kappa shape index (κ2) is 73.6. The Labute approximate surface area is 619 Å². The van der Waals surface area contributed by atoms with Gasteiger partial charge in [0.05, 0.1) is 26.4 Å². The normalized spacial score (nSPS) is 14.4. The van der Waals surface area contributed by atoms with E-state index in [9.17, 15) is 43.2 Å². The van der Waals surface area contributed by atoms with Gasteiger partial charge in [-0.3, -0.25) is 37.3 Å². The number of unbranched alkanes of at least 4 members (excludes halogenated alkanes) is 49. The fourth-order valence-corrected chi connectivity index (χ4v) is 14.2. The molecule has 4 unspecified atom stereocenters. The maximum Gasteiger partial charge on any atom is 0.472 e. The van der Waals surface area contributed by atoms with E-state index in [-0.39, 0.29) is 25.7 Å². The molecular weight excluding hydrogens is 1320 g/mol. The van der Waals surface area contributed by atoms with Gasteiger partial charge in [-0.1, -0.05) is 382 Å². The zero-order valence-corrected chi connectivity index (χ0v) is 68.0. The molecule has 101 heavy (non-hydrogen) atoms. The topological polar surface area (TPSA) is 237 Å². The Hall–Kier alpha value is -1.94. The molecule has 0 rings (SSSR count). The predicted octanol–water partition coefficient (Wildman–Crippen LogP) is 24.7. The Morgan fingerprint density at radius 1 is 0.277 bits per heavy atom. The van der Waals surface area contributed by atoms with E-state index in [1.807, 2.05) is 0 Å². The first-order chi connectivity index (χ1) is 48.9. The van der Waals surface area contributed by atoms with E-state index >= 15 is 0 Å². The number of esters is 4. The minimum atomic E-state index is -4.96. The van der Waals surface area contributed by atoms with Crippen molar-refractivity contribution >= 4 is 39.5 Å². The minimum Gasteiger partial charge on any atom is -0.462 e. The summed E-state index contributed by atoms with van der Waals surface area (Å²) in [6.07, 6.45) is 64.3. The summed E-state index contributed by atoms with van der Waals surface area (Å²) in [4.78, 5) is 72.7. The van der Waals surface area contributed by atoms with Crippen molar-refractivity contribution in [2.24, 2.45) is 11.8 Å². The van der Waals surface area contributed by atoms with Gasteiger partial charge in [-0.15, -0.1) is 0 Å². The maximum atomic E-state index is 13.1. The summed E-state index contributed by atoms with van der Waals surface area (Å²) < 4.78 is 68.4. The van der Waals surface area contributed by atoms with E-state index in [0.717, 1.165) is 108 Å². The van der Waals surface area contributed by atoms with Gasteiger partial charge in [-0.05, 0) is 37.5 Å². The van der Waals surface area contributed by atoms with Crippen LogP contribution < -0.4 is 0 Å². The molecule has 0 saturated carbocycles. The molecule has 3 N–H and O–H groups in total. The van der Waals surface area contributed by atoms with Crippen LogP contribution in [0.2, 0.25) is 0 Å². The van der Waals surface area contributed by atoms with Crippen LogP contribution in [-0.4, -0.2) is 96.7 Å². The molecule has 0 aliphatic carbocycles. The van der Waals surface area contributed by atoms with E-state index in [2.05, 4.69) is 41.5 Å². The average molecular weight is 1480 g/mol. The third-order valence-corrected chi connectivity index (χ3v) is 21.8. The lowest BCUT2D eigenvalue weighted by atomic mass is 9.99. The van der Waals surface area contributed by atoms with Gasteiger partial charge in [-0.25, -0.2) is 9.13 Å². The molecule has 0 aliphatic rings. The van der Waals surface area contributed by atoms with Crippen LogP contribution in [0.25, 0.3) is 0 Å². The lowest BCUT2D eigenvalue weighted by molar-refractivity contribution is -0.161. The van der Waals surface area contributed by atoms with Gasteiger partial charge in [0.25, 0.3) is 0 Å². The molecule has 0 aromatic rings. The van der Waals surface area contributed by atoms with Crippen molar-refractivity contribution in [3.63, 3.8) is 0 Å². The molecule has 0 aromatic heterocycles. The number of carbonyl (C=O) groups is 4. The van der Waals surface area contributed by atoms with E-state index in [1.165, 1.54) is 244 Å². The fraction of sp³-hybridized carbons (Fsp3) is 0.951. The van der Waals surface area contributed by atoms with Crippen LogP contribution in [0.3, 0.4) is 0 Å². The lowest BCUT2D eigenvalue weighted by Crippen LogP contribution is -2.30. The zero-order chi connectivity index (χ0) is 74.2. The van der Waals surface area contributed by atoms with Crippen molar-refractivity contribution in [3.8, 4) is 0 Å². The van der Waals surface area contributed by atoms with Crippen LogP contribution in [0, 0.1) is 11.8 Å². The monoisotopic (exact) mass is 1480 g/mol. The Kier molecular flexibility index (Phi) is 72.2. The van der Waals surface area contributed by atoms with Crippen LogP contribution in [0.5, 0.6) is 0 Å². The largest absolute Gasteiger partial charge is 0.472 e. The van der Waals surface area contributed by atoms with E-state index in [4.69, 9.17) is 37.0 Å². The van der Waals surface area contributed by atoms with E-state index < -0.39 is 97.5 Å². The molecule has 0 heterocycles. The molecule has 0 aliphatic heterocycles. The number of carbonyl (C=O) groups excluding carboxylic acids is 4. The summed E-state index contributed by atoms with van der Waals surface area (Å²) in [5.74, 6) is -0.375. The third-order valence-electron chi connectivity index (χ3n) is 19.9. The zero-order valence-electron chi connectivity index (χ0n) is 66.2. The average Bonchev–Trinajstić information content (AvgIpc) is 1.05. The van der Waals surface area contributed by atoms with Crippen molar-refractivity contribution in [2.75, 3.05) is 39.6 Å². The van der Waals surface area contributed by atoms with Crippen LogP contribution >= 0.6 is 15.6 Å². The van der Waals surface area contributed by atoms with Crippen LogP contribution in [0.15, 0.2) is 0 Å². The standard InChI is InChI=1S/C82H160O17P2/c1-7-11-13-15-16-17-18-37-43-48-54-60-66-81(86)98-77(70-92-79(84)64-58-50-14-12-8-2)72-96-100(88,89)94-68-76(83)69-95-101(90,91)97-73-78(99-82(87)67-61-55-49-44-39-34-30-26-22-20-24-28-32-36-41-46-52-57-63-75(6)10-4)71-93-80(85)65-59-53-47-42-38-33-29-25-21-19-23-27-31-35-40-45-51-56-62-74(5)9-3/h74-78,83H,7-73H2,1-6H3,(H,88,89)(H,90,91)/t74?,75?,76-,77+,78+/m0/s1. The highest BCUT2D eigenvalue weighted by atomic mass is 31.2. The molecule has 0 saturated heterocycles. The molecule has 0 spiro atoms. The van der Waals surface area contributed by atoms with Gasteiger partial charge in [0.15, 0.2) is 12.2 Å². The van der Waals surface area contributed by atoms with E-state index in [1.54, 1.807) is 0 Å². The fourth-order valence-electron chi connectivity index (χ4n) is 12.6. The summed E-state index contributed by atoms with van der Waals surface area (Å²) >= 11 is 0. The Balaban J connectivity index is 5.09. The van der Waals surface area contributed by atoms with Crippen LogP contribution in [0.1, 0.15) is 433 Å². The van der Waals surface area contributed by atoms with Gasteiger partial charge < -0.3 is 33.8 Å². The number of aliphatic hydroxyl groups excluding tert-OH is 1. The second-order valence-electron chi connectivity index (χ2n) is 30.0. The molecule has 0 aromatic carbocycles. The van der Waals surface area contributed by atoms with Crippen molar-refractivity contribution in [3.05, 3.63) is 0 Å². The molecule has 0 radical (unpaired) electrons. The van der Waals surface area contributed by atoms with Crippen molar-refractivity contribution < 1.29 is 80.2 Å². The predicted molar refractivity (Wildman–Crippen MR) is 414 cm³/mol. The number of ether oxygens (including phenoxy) is 4. The summed E-state index contributed by atoms with van der Waals surface area (Å²) in [5, 5.41) is 10.6. The smallest absolute Gasteiger partial charge is 0.462 e. The molecule has 0 fully saturated rings. The van der Waals surface area contributed by atoms with Gasteiger partial charge in [0.1, 0.15) is 19.3 Å². The Morgan fingerprint density at radius 2 is 0.475 bits per heavy atom. The molecule has 0 amide bonds. The number of phosphoric ester groups is 2. The Bertz CT molecular complexity index is 1950. The summed E-state index contributed by atoms with van der Waals surface area (Å²) in [5.41, 5.74) is 0. The quantitative estimate of drug-likeness (QED) is 0.0222. The minimum absolute atomic E-state index is 0.107. The Morgan fingerprint density at radius 3 is 0.703 bits per heavy atom. The first kappa shape index (κ1) is 99.1. The van der Waals surface area contributed by atoms with Gasteiger partial charge >= 0.3 is 39.5 Å². The first-order valence-corrected chi connectivity index (χ1v) is 45.6. The third kappa shape index (κ3) is 73.4. The highest BCUT2D eigenvalue weighted by Crippen LogP contribution is 2.45. The molecule has 17 nitrogen and oxygen atoms in total. The van der Waals surface area contributed by atoms with Crippen LogP contribution in [-0.2, 0) is 65.4 Å². The summed E-state index contributed by atoms with van der Waals surface area (Å²) in [7, 11) is -9.91. The number of phosphoric acid groups is 2. The number of aliphatic hydroxyl groups is 1. The first-order valence-electron chi connectivity index (χ1n) is 42.6. The molecule has 0 bridgehead atoms. The lowest BCUT2D eigenvalue weighted by Gasteiger charge is -2.21. The summed E-state index contributed by atoms with van der Waals surface area (Å²) in [6.45, 7) is 9.68. The van der Waals surface area contributed by atoms with Crippen molar-refractivity contribution in [1.29, 1.82) is 0 Å². The molecule has 7 atom stereocenters.